The van der Waals surface area contributed by atoms with E-state index in [-0.39, 0.29) is 10.6 Å². The quantitative estimate of drug-likeness (QED) is 0.712. The van der Waals surface area contributed by atoms with Crippen molar-refractivity contribution in [1.82, 2.24) is 10.2 Å². The number of benzene rings is 1. The fraction of sp³-hybridized carbons (Fsp3) is 0.100. The van der Waals surface area contributed by atoms with Gasteiger partial charge in [0.25, 0.3) is 10.0 Å². The monoisotopic (exact) mass is 252 g/mol. The number of nitrogens with zero attached hydrogens (tertiary/aromatic N) is 1. The van der Waals surface area contributed by atoms with Crippen molar-refractivity contribution in [3.8, 4) is 0 Å². The lowest BCUT2D eigenvalue weighted by molar-refractivity contribution is 0.601. The second kappa shape index (κ2) is 4.10. The van der Waals surface area contributed by atoms with Crippen molar-refractivity contribution in [2.75, 3.05) is 10.5 Å². The summed E-state index contributed by atoms with van der Waals surface area (Å²) in [5.74, 6) is 0.299. The van der Waals surface area contributed by atoms with Crippen LogP contribution < -0.4 is 10.5 Å². The van der Waals surface area contributed by atoms with Gasteiger partial charge in [-0.1, -0.05) is 12.1 Å². The first-order valence-corrected chi connectivity index (χ1v) is 6.36. The van der Waals surface area contributed by atoms with E-state index in [0.29, 0.717) is 11.4 Å². The van der Waals surface area contributed by atoms with Gasteiger partial charge in [-0.3, -0.25) is 9.82 Å². The van der Waals surface area contributed by atoms with Gasteiger partial charge >= 0.3 is 0 Å². The van der Waals surface area contributed by atoms with Gasteiger partial charge in [0.15, 0.2) is 0 Å². The molecule has 90 valence electrons. The fourth-order valence-corrected chi connectivity index (χ4v) is 2.93. The minimum absolute atomic E-state index is 0.0922. The van der Waals surface area contributed by atoms with Crippen LogP contribution >= 0.6 is 0 Å². The average Bonchev–Trinajstić information content (AvgIpc) is 2.68. The van der Waals surface area contributed by atoms with E-state index in [2.05, 4.69) is 14.9 Å². The number of hydrogen-bond donors (Lipinski definition) is 3. The van der Waals surface area contributed by atoms with Crippen molar-refractivity contribution in [3.05, 3.63) is 36.0 Å². The molecule has 0 aliphatic carbocycles. The second-order valence-electron chi connectivity index (χ2n) is 3.57. The van der Waals surface area contributed by atoms with E-state index in [0.717, 1.165) is 0 Å². The Labute approximate surface area is 98.9 Å². The largest absolute Gasteiger partial charge is 0.398 e. The molecule has 1 heterocycles. The van der Waals surface area contributed by atoms with Crippen molar-refractivity contribution in [2.45, 2.75) is 11.8 Å². The van der Waals surface area contributed by atoms with Crippen LogP contribution in [0.3, 0.4) is 0 Å². The molecule has 1 aromatic carbocycles. The summed E-state index contributed by atoms with van der Waals surface area (Å²) in [6, 6.07) is 6.47. The highest BCUT2D eigenvalue weighted by Crippen LogP contribution is 2.23. The van der Waals surface area contributed by atoms with Gasteiger partial charge in [-0.2, -0.15) is 5.10 Å². The smallest absolute Gasteiger partial charge is 0.265 e. The van der Waals surface area contributed by atoms with E-state index in [4.69, 9.17) is 5.73 Å². The molecule has 0 aliphatic heterocycles. The second-order valence-corrected chi connectivity index (χ2v) is 5.19. The fourth-order valence-electron chi connectivity index (χ4n) is 1.55. The van der Waals surface area contributed by atoms with Crippen LogP contribution in [0.4, 0.5) is 11.5 Å². The Kier molecular flexibility index (Phi) is 2.76. The summed E-state index contributed by atoms with van der Waals surface area (Å²) in [5.41, 5.74) is 6.51. The van der Waals surface area contributed by atoms with Crippen molar-refractivity contribution >= 4 is 21.5 Å². The average molecular weight is 252 g/mol. The Morgan fingerprint density at radius 2 is 2.12 bits per heavy atom. The molecule has 7 heteroatoms. The molecule has 0 unspecified atom stereocenters. The normalized spacial score (nSPS) is 11.4. The lowest BCUT2D eigenvalue weighted by Gasteiger charge is -2.10. The van der Waals surface area contributed by atoms with E-state index < -0.39 is 10.0 Å². The molecule has 0 aliphatic rings. The SMILES string of the molecule is Cc1cccc(N)c1S(=O)(=O)Nc1ccn[nH]1. The molecule has 2 rings (SSSR count). The maximum absolute atomic E-state index is 12.1. The molecule has 2 aromatic rings. The van der Waals surface area contributed by atoms with Gasteiger partial charge in [-0.15, -0.1) is 0 Å². The van der Waals surface area contributed by atoms with Crippen LogP contribution in [0.2, 0.25) is 0 Å². The standard InChI is InChI=1S/C10H12N4O2S/c1-7-3-2-4-8(11)10(7)17(15,16)14-9-5-6-12-13-9/h2-6H,11H2,1H3,(H2,12,13,14). The van der Waals surface area contributed by atoms with Gasteiger partial charge in [0, 0.05) is 6.07 Å². The van der Waals surface area contributed by atoms with E-state index in [1.54, 1.807) is 25.1 Å². The molecule has 0 saturated heterocycles. The zero-order valence-electron chi connectivity index (χ0n) is 9.14. The van der Waals surface area contributed by atoms with E-state index >= 15 is 0 Å². The van der Waals surface area contributed by atoms with Gasteiger partial charge in [0.2, 0.25) is 0 Å². The summed E-state index contributed by atoms with van der Waals surface area (Å²) in [6.07, 6.45) is 1.46. The number of anilines is 2. The summed E-state index contributed by atoms with van der Waals surface area (Å²) in [6.45, 7) is 1.69. The maximum Gasteiger partial charge on any atom is 0.265 e. The first-order chi connectivity index (χ1) is 8.00. The Bertz CT molecular complexity index is 600. The molecule has 0 spiro atoms. The molecule has 6 nitrogen and oxygen atoms in total. The number of nitrogens with one attached hydrogen (secondary N) is 2. The third-order valence-corrected chi connectivity index (χ3v) is 3.84. The topological polar surface area (TPSA) is 101 Å². The lowest BCUT2D eigenvalue weighted by atomic mass is 10.2. The molecule has 0 atom stereocenters. The summed E-state index contributed by atoms with van der Waals surface area (Å²) in [4.78, 5) is 0.0922. The van der Waals surface area contributed by atoms with Crippen molar-refractivity contribution in [1.29, 1.82) is 0 Å². The molecule has 0 radical (unpaired) electrons. The van der Waals surface area contributed by atoms with E-state index in [9.17, 15) is 8.42 Å². The number of hydrogen-bond acceptors (Lipinski definition) is 4. The number of H-pyrrole nitrogens is 1. The molecule has 0 amide bonds. The molecule has 0 fully saturated rings. The molecule has 0 bridgehead atoms. The Morgan fingerprint density at radius 1 is 1.35 bits per heavy atom. The molecular formula is C10H12N4O2S. The van der Waals surface area contributed by atoms with Gasteiger partial charge in [-0.05, 0) is 18.6 Å². The highest BCUT2D eigenvalue weighted by Gasteiger charge is 2.20. The van der Waals surface area contributed by atoms with Crippen molar-refractivity contribution in [3.63, 3.8) is 0 Å². The predicted octanol–water partition coefficient (Wildman–Crippen LogP) is 1.10. The number of sulfonamides is 1. The van der Waals surface area contributed by atoms with Gasteiger partial charge in [0.05, 0.1) is 11.9 Å². The number of aromatic nitrogens is 2. The Balaban J connectivity index is 2.45. The highest BCUT2D eigenvalue weighted by atomic mass is 32.2. The summed E-state index contributed by atoms with van der Waals surface area (Å²) in [7, 11) is -3.69. The summed E-state index contributed by atoms with van der Waals surface area (Å²) >= 11 is 0. The van der Waals surface area contributed by atoms with Gasteiger partial charge in [-0.25, -0.2) is 8.42 Å². The Hall–Kier alpha value is -2.02. The number of aromatic amines is 1. The van der Waals surface area contributed by atoms with Gasteiger partial charge < -0.3 is 5.73 Å². The third kappa shape index (κ3) is 2.23. The zero-order valence-corrected chi connectivity index (χ0v) is 9.95. The molecular weight excluding hydrogens is 240 g/mol. The Morgan fingerprint density at radius 3 is 2.71 bits per heavy atom. The van der Waals surface area contributed by atoms with Crippen molar-refractivity contribution in [2.24, 2.45) is 0 Å². The first kappa shape index (κ1) is 11.5. The van der Waals surface area contributed by atoms with E-state index in [1.165, 1.54) is 12.3 Å². The van der Waals surface area contributed by atoms with E-state index in [1.807, 2.05) is 0 Å². The zero-order chi connectivity index (χ0) is 12.5. The van der Waals surface area contributed by atoms with Crippen molar-refractivity contribution < 1.29 is 8.42 Å². The number of rotatable bonds is 3. The minimum atomic E-state index is -3.69. The van der Waals surface area contributed by atoms with Crippen LogP contribution in [0.15, 0.2) is 35.4 Å². The lowest BCUT2D eigenvalue weighted by Crippen LogP contribution is -2.16. The molecule has 4 N–H and O–H groups in total. The van der Waals surface area contributed by atoms with Crippen LogP contribution in [-0.2, 0) is 10.0 Å². The minimum Gasteiger partial charge on any atom is -0.398 e. The summed E-state index contributed by atoms with van der Waals surface area (Å²) < 4.78 is 26.6. The van der Waals surface area contributed by atoms with Crippen LogP contribution in [0.1, 0.15) is 5.56 Å². The van der Waals surface area contributed by atoms with Gasteiger partial charge in [0.1, 0.15) is 10.7 Å². The van der Waals surface area contributed by atoms with Crippen LogP contribution in [0.25, 0.3) is 0 Å². The van der Waals surface area contributed by atoms with Crippen LogP contribution in [0, 0.1) is 6.92 Å². The third-order valence-electron chi connectivity index (χ3n) is 2.26. The predicted molar refractivity (Wildman–Crippen MR) is 65.0 cm³/mol. The van der Waals surface area contributed by atoms with Crippen LogP contribution in [0.5, 0.6) is 0 Å². The summed E-state index contributed by atoms with van der Waals surface area (Å²) in [5, 5.41) is 6.18. The number of nitrogens with two attached hydrogens (primary N) is 1. The molecule has 17 heavy (non-hydrogen) atoms. The maximum atomic E-state index is 12.1. The molecule has 0 saturated carbocycles. The number of aryl methyl sites for hydroxylation is 1. The molecule has 1 aromatic heterocycles. The number of nitrogen functional groups attached to an aromatic ring is 1. The van der Waals surface area contributed by atoms with Crippen LogP contribution in [-0.4, -0.2) is 18.6 Å². The highest BCUT2D eigenvalue weighted by molar-refractivity contribution is 7.93. The first-order valence-electron chi connectivity index (χ1n) is 4.88.